The molecule has 0 radical (unpaired) electrons. The fourth-order valence-corrected chi connectivity index (χ4v) is 1.17. The molecule has 0 spiro atoms. The Morgan fingerprint density at radius 2 is 2.00 bits per heavy atom. The summed E-state index contributed by atoms with van der Waals surface area (Å²) in [6.45, 7) is 2.00. The Labute approximate surface area is 78.6 Å². The number of hydrogen-bond donors (Lipinski definition) is 2. The van der Waals surface area contributed by atoms with E-state index in [1.807, 2.05) is 37.3 Å². The van der Waals surface area contributed by atoms with Gasteiger partial charge in [0.05, 0.1) is 0 Å². The minimum absolute atomic E-state index is 0.707. The van der Waals surface area contributed by atoms with E-state index in [0.29, 0.717) is 5.70 Å². The average molecular weight is 174 g/mol. The van der Waals surface area contributed by atoms with Gasteiger partial charge in [-0.3, -0.25) is 0 Å². The molecule has 0 saturated heterocycles. The number of benzene rings is 1. The van der Waals surface area contributed by atoms with Crippen molar-refractivity contribution in [2.75, 3.05) is 0 Å². The van der Waals surface area contributed by atoms with Gasteiger partial charge in [-0.05, 0) is 17.6 Å². The lowest BCUT2D eigenvalue weighted by Crippen LogP contribution is -2.01. The van der Waals surface area contributed by atoms with Crippen LogP contribution in [0.4, 0.5) is 0 Å². The summed E-state index contributed by atoms with van der Waals surface area (Å²) in [6.07, 6.45) is 2.12. The minimum atomic E-state index is 0.707. The molecule has 0 atom stereocenters. The van der Waals surface area contributed by atoms with Crippen molar-refractivity contribution in [1.29, 1.82) is 5.41 Å². The van der Waals surface area contributed by atoms with Crippen molar-refractivity contribution in [2.45, 2.75) is 13.3 Å². The molecule has 3 N–H and O–H groups in total. The maximum absolute atomic E-state index is 7.18. The standard InChI is InChI=1S/C11H14N2/c1-2-9(8-12)11(13)10-6-4-3-5-7-10/h3-8,12H,2,13H2,1H3. The van der Waals surface area contributed by atoms with Gasteiger partial charge in [0.2, 0.25) is 0 Å². The Balaban J connectivity index is 3.08. The lowest BCUT2D eigenvalue weighted by Gasteiger charge is -2.05. The number of rotatable bonds is 3. The fourth-order valence-electron chi connectivity index (χ4n) is 1.17. The fraction of sp³-hybridized carbons (Fsp3) is 0.182. The van der Waals surface area contributed by atoms with Crippen LogP contribution in [-0.4, -0.2) is 6.21 Å². The Morgan fingerprint density at radius 1 is 1.38 bits per heavy atom. The zero-order valence-electron chi connectivity index (χ0n) is 7.75. The zero-order chi connectivity index (χ0) is 9.68. The molecule has 0 heterocycles. The molecule has 0 unspecified atom stereocenters. The molecule has 0 aliphatic rings. The van der Waals surface area contributed by atoms with E-state index in [2.05, 4.69) is 0 Å². The summed E-state index contributed by atoms with van der Waals surface area (Å²) in [6, 6.07) is 9.74. The van der Waals surface area contributed by atoms with Crippen LogP contribution in [0.2, 0.25) is 0 Å². The second kappa shape index (κ2) is 4.45. The van der Waals surface area contributed by atoms with Crippen molar-refractivity contribution >= 4 is 11.9 Å². The smallest absolute Gasteiger partial charge is 0.0435 e. The number of allylic oxidation sites excluding steroid dienone is 1. The molecular weight excluding hydrogens is 160 g/mol. The van der Waals surface area contributed by atoms with Crippen LogP contribution < -0.4 is 5.73 Å². The van der Waals surface area contributed by atoms with Crippen LogP contribution in [0.25, 0.3) is 5.70 Å². The molecule has 1 aromatic carbocycles. The first-order valence-corrected chi connectivity index (χ1v) is 4.34. The van der Waals surface area contributed by atoms with Gasteiger partial charge in [0.1, 0.15) is 0 Å². The van der Waals surface area contributed by atoms with Gasteiger partial charge in [-0.25, -0.2) is 0 Å². The highest BCUT2D eigenvalue weighted by molar-refractivity contribution is 5.88. The predicted octanol–water partition coefficient (Wildman–Crippen LogP) is 2.42. The highest BCUT2D eigenvalue weighted by Gasteiger charge is 2.00. The van der Waals surface area contributed by atoms with Crippen LogP contribution in [0.1, 0.15) is 18.9 Å². The summed E-state index contributed by atoms with van der Waals surface area (Å²) in [5, 5.41) is 7.18. The van der Waals surface area contributed by atoms with Crippen LogP contribution in [0.5, 0.6) is 0 Å². The molecule has 0 amide bonds. The lowest BCUT2D eigenvalue weighted by molar-refractivity contribution is 1.17. The van der Waals surface area contributed by atoms with Gasteiger partial charge >= 0.3 is 0 Å². The minimum Gasteiger partial charge on any atom is -0.398 e. The molecule has 68 valence electrons. The third kappa shape index (κ3) is 2.18. The Morgan fingerprint density at radius 3 is 2.46 bits per heavy atom. The summed E-state index contributed by atoms with van der Waals surface area (Å²) < 4.78 is 0. The SMILES string of the molecule is CCC(C=N)=C(N)c1ccccc1. The summed E-state index contributed by atoms with van der Waals surface area (Å²) in [4.78, 5) is 0. The molecule has 0 saturated carbocycles. The molecule has 0 aliphatic carbocycles. The maximum atomic E-state index is 7.18. The van der Waals surface area contributed by atoms with Crippen LogP contribution in [-0.2, 0) is 0 Å². The summed E-state index contributed by atoms with van der Waals surface area (Å²) in [7, 11) is 0. The quantitative estimate of drug-likeness (QED) is 0.679. The first kappa shape index (κ1) is 9.52. The van der Waals surface area contributed by atoms with Crippen molar-refractivity contribution in [1.82, 2.24) is 0 Å². The third-order valence-electron chi connectivity index (χ3n) is 1.99. The first-order valence-electron chi connectivity index (χ1n) is 4.34. The van der Waals surface area contributed by atoms with Gasteiger partial charge in [0, 0.05) is 11.9 Å². The van der Waals surface area contributed by atoms with E-state index in [-0.39, 0.29) is 0 Å². The van der Waals surface area contributed by atoms with Gasteiger partial charge < -0.3 is 11.1 Å². The van der Waals surface area contributed by atoms with E-state index in [1.54, 1.807) is 0 Å². The topological polar surface area (TPSA) is 49.9 Å². The molecule has 1 aromatic rings. The molecule has 0 fully saturated rings. The lowest BCUT2D eigenvalue weighted by atomic mass is 10.1. The molecule has 0 aliphatic heterocycles. The Bertz CT molecular complexity index is 312. The summed E-state index contributed by atoms with van der Waals surface area (Å²) in [5.74, 6) is 0. The van der Waals surface area contributed by atoms with E-state index in [1.165, 1.54) is 6.21 Å². The van der Waals surface area contributed by atoms with Crippen molar-refractivity contribution in [3.8, 4) is 0 Å². The summed E-state index contributed by atoms with van der Waals surface area (Å²) in [5.41, 5.74) is 8.46. The van der Waals surface area contributed by atoms with E-state index < -0.39 is 0 Å². The maximum Gasteiger partial charge on any atom is 0.0435 e. The van der Waals surface area contributed by atoms with E-state index in [4.69, 9.17) is 11.1 Å². The average Bonchev–Trinajstić information content (AvgIpc) is 2.21. The highest BCUT2D eigenvalue weighted by atomic mass is 14.6. The normalized spacial score (nSPS) is 12.1. The Kier molecular flexibility index (Phi) is 3.26. The van der Waals surface area contributed by atoms with Crippen LogP contribution in [0.15, 0.2) is 35.9 Å². The molecule has 2 nitrogen and oxygen atoms in total. The molecule has 0 aromatic heterocycles. The second-order valence-electron chi connectivity index (χ2n) is 2.80. The zero-order valence-corrected chi connectivity index (χ0v) is 7.75. The van der Waals surface area contributed by atoms with Crippen LogP contribution in [0.3, 0.4) is 0 Å². The highest BCUT2D eigenvalue weighted by Crippen LogP contribution is 2.13. The molecule has 2 heteroatoms. The van der Waals surface area contributed by atoms with Gasteiger partial charge in [-0.2, -0.15) is 0 Å². The molecular formula is C11H14N2. The second-order valence-corrected chi connectivity index (χ2v) is 2.80. The van der Waals surface area contributed by atoms with Crippen LogP contribution in [0, 0.1) is 5.41 Å². The predicted molar refractivity (Wildman–Crippen MR) is 56.6 cm³/mol. The van der Waals surface area contributed by atoms with E-state index >= 15 is 0 Å². The van der Waals surface area contributed by atoms with E-state index in [9.17, 15) is 0 Å². The molecule has 13 heavy (non-hydrogen) atoms. The van der Waals surface area contributed by atoms with Gasteiger partial charge in [-0.15, -0.1) is 0 Å². The monoisotopic (exact) mass is 174 g/mol. The molecule has 1 rings (SSSR count). The third-order valence-corrected chi connectivity index (χ3v) is 1.99. The van der Waals surface area contributed by atoms with Crippen molar-refractivity contribution in [3.63, 3.8) is 0 Å². The van der Waals surface area contributed by atoms with Gasteiger partial charge in [-0.1, -0.05) is 37.3 Å². The van der Waals surface area contributed by atoms with Gasteiger partial charge in [0.15, 0.2) is 0 Å². The van der Waals surface area contributed by atoms with E-state index in [0.717, 1.165) is 17.6 Å². The van der Waals surface area contributed by atoms with Crippen molar-refractivity contribution in [2.24, 2.45) is 5.73 Å². The largest absolute Gasteiger partial charge is 0.398 e. The molecule has 0 bridgehead atoms. The summed E-state index contributed by atoms with van der Waals surface area (Å²) >= 11 is 0. The van der Waals surface area contributed by atoms with Gasteiger partial charge in [0.25, 0.3) is 0 Å². The number of nitrogens with one attached hydrogen (secondary N) is 1. The Hall–Kier alpha value is -1.57. The number of hydrogen-bond acceptors (Lipinski definition) is 2. The van der Waals surface area contributed by atoms with Crippen molar-refractivity contribution < 1.29 is 0 Å². The van der Waals surface area contributed by atoms with Crippen molar-refractivity contribution in [3.05, 3.63) is 41.5 Å². The van der Waals surface area contributed by atoms with Crippen LogP contribution >= 0.6 is 0 Å². The number of nitrogens with two attached hydrogens (primary N) is 1. The first-order chi connectivity index (χ1) is 6.29.